The Morgan fingerprint density at radius 2 is 0.667 bits per heavy atom. The summed E-state index contributed by atoms with van der Waals surface area (Å²) in [5.41, 5.74) is 44.4. The summed E-state index contributed by atoms with van der Waals surface area (Å²) in [7, 11) is 0. The Balaban J connectivity index is 0.904. The van der Waals surface area contributed by atoms with Crippen LogP contribution in [-0.2, 0) is 0 Å². The third-order valence-corrected chi connectivity index (χ3v) is 23.0. The second-order valence-electron chi connectivity index (χ2n) is 30.5. The molecule has 102 heavy (non-hydrogen) atoms. The van der Waals surface area contributed by atoms with E-state index >= 15 is 0 Å². The van der Waals surface area contributed by atoms with Crippen molar-refractivity contribution in [2.24, 2.45) is 0 Å². The molecule has 0 atom stereocenters. The van der Waals surface area contributed by atoms with E-state index in [4.69, 9.17) is 23.0 Å². The molecular formula is C91H74B3N3O5. The molecule has 6 aliphatic rings. The van der Waals surface area contributed by atoms with Crippen molar-refractivity contribution in [2.75, 3.05) is 15.1 Å². The maximum atomic E-state index is 7.98. The van der Waals surface area contributed by atoms with Crippen LogP contribution in [0.3, 0.4) is 0 Å². The molecule has 0 saturated heterocycles. The third kappa shape index (κ3) is 8.54. The number of hydrogen-bond donors (Lipinski definition) is 1. The van der Waals surface area contributed by atoms with Gasteiger partial charge in [0.25, 0.3) is 6.71 Å². The predicted molar refractivity (Wildman–Crippen MR) is 426 cm³/mol. The minimum Gasteiger partial charge on any atom is -0.466 e. The highest BCUT2D eigenvalue weighted by Crippen LogP contribution is 2.52. The molecule has 14 aromatic rings. The van der Waals surface area contributed by atoms with Gasteiger partial charge < -0.3 is 38.2 Å². The van der Waals surface area contributed by atoms with Crippen molar-refractivity contribution in [1.82, 2.24) is 0 Å². The number of aryl methyl sites for hydroxylation is 15. The molecule has 2 aromatic heterocycles. The van der Waals surface area contributed by atoms with Crippen LogP contribution in [0.2, 0.25) is 0 Å². The summed E-state index contributed by atoms with van der Waals surface area (Å²) in [6.07, 6.45) is 0. The van der Waals surface area contributed by atoms with E-state index in [0.29, 0.717) is 0 Å². The van der Waals surface area contributed by atoms with Gasteiger partial charge in [0.05, 0.1) is 22.1 Å². The number of fused-ring (bicyclic) bond motifs is 16. The van der Waals surface area contributed by atoms with E-state index in [9.17, 15) is 0 Å². The molecular weight excluding hydrogens is 1250 g/mol. The first kappa shape index (κ1) is 60.7. The van der Waals surface area contributed by atoms with Gasteiger partial charge in [-0.05, 0) is 287 Å². The van der Waals surface area contributed by atoms with Crippen molar-refractivity contribution in [3.63, 3.8) is 0 Å². The highest BCUT2D eigenvalue weighted by Gasteiger charge is 2.52. The molecule has 0 amide bonds. The van der Waals surface area contributed by atoms with Crippen molar-refractivity contribution in [3.05, 3.63) is 253 Å². The summed E-state index contributed by atoms with van der Waals surface area (Å²) in [5, 5.41) is 6.07. The molecule has 0 aliphatic carbocycles. The van der Waals surface area contributed by atoms with Crippen LogP contribution in [-0.4, -0.2) is 20.1 Å². The molecule has 0 saturated carbocycles. The van der Waals surface area contributed by atoms with Crippen molar-refractivity contribution >= 4 is 137 Å². The van der Waals surface area contributed by atoms with Crippen molar-refractivity contribution in [3.8, 4) is 67.9 Å². The van der Waals surface area contributed by atoms with Gasteiger partial charge in [0.2, 0.25) is 0 Å². The Morgan fingerprint density at radius 3 is 1.14 bits per heavy atom. The van der Waals surface area contributed by atoms with Crippen LogP contribution in [0.25, 0.3) is 55.3 Å². The smallest absolute Gasteiger partial charge is 0.301 e. The Bertz CT molecular complexity index is 6090. The summed E-state index contributed by atoms with van der Waals surface area (Å²) in [4.78, 5) is 5.12. The number of benzene rings is 12. The first-order valence-corrected chi connectivity index (χ1v) is 35.9. The van der Waals surface area contributed by atoms with Crippen molar-refractivity contribution < 1.29 is 23.0 Å². The Kier molecular flexibility index (Phi) is 12.7. The maximum Gasteiger partial charge on any atom is 0.301 e. The fourth-order valence-corrected chi connectivity index (χ4v) is 19.8. The van der Waals surface area contributed by atoms with Gasteiger partial charge in [-0.15, -0.1) is 0 Å². The third-order valence-electron chi connectivity index (χ3n) is 23.0. The quantitative estimate of drug-likeness (QED) is 0.171. The van der Waals surface area contributed by atoms with Crippen LogP contribution in [0.15, 0.2) is 179 Å². The first-order valence-electron chi connectivity index (χ1n) is 35.9. The highest BCUT2D eigenvalue weighted by molar-refractivity contribution is 7.03. The largest absolute Gasteiger partial charge is 0.466 e. The van der Waals surface area contributed by atoms with E-state index < -0.39 is 0 Å². The second kappa shape index (κ2) is 21.4. The molecule has 8 heterocycles. The number of nitrogens with zero attached hydrogens (tertiary/aromatic N) is 2. The zero-order chi connectivity index (χ0) is 69.6. The molecule has 6 aliphatic heterocycles. The summed E-state index contributed by atoms with van der Waals surface area (Å²) in [6, 6.07) is 63.9. The van der Waals surface area contributed by atoms with Crippen LogP contribution in [0.1, 0.15) is 83.5 Å². The van der Waals surface area contributed by atoms with E-state index in [1.807, 2.05) is 0 Å². The summed E-state index contributed by atoms with van der Waals surface area (Å²) >= 11 is 0. The van der Waals surface area contributed by atoms with Crippen LogP contribution in [0.5, 0.6) is 34.5 Å². The van der Waals surface area contributed by atoms with Gasteiger partial charge in [0.15, 0.2) is 11.5 Å². The summed E-state index contributed by atoms with van der Waals surface area (Å²) in [6.45, 7) is 32.4. The second-order valence-corrected chi connectivity index (χ2v) is 30.5. The zero-order valence-corrected chi connectivity index (χ0v) is 60.3. The molecule has 1 N–H and O–H groups in total. The SMILES string of the molecule is Cc1cc(C)c(-c2cc3c4c(c2)Oc2c(oc5ccccc25)B4c2cc4c(cc2N3)N(c2c(C)cc(C)cc2C)c2cc(-c3c(C)cc(C)cc3C)cc3c2B4c2cc4c(cc2O3)N(c2c(C)cc(C)cc2C)c2cc(-c3c(C)cc(C)cc3C)cc3c2B4c2oc4ccccc4c2O3)c(C)c1. The predicted octanol–water partition coefficient (Wildman–Crippen LogP) is 18.3. The van der Waals surface area contributed by atoms with E-state index in [0.717, 1.165) is 168 Å². The lowest BCUT2D eigenvalue weighted by atomic mass is 9.30. The maximum absolute atomic E-state index is 7.98. The van der Waals surface area contributed by atoms with E-state index in [1.54, 1.807) is 0 Å². The number of furan rings is 2. The lowest BCUT2D eigenvalue weighted by molar-refractivity contribution is 0.482. The molecule has 11 heteroatoms. The zero-order valence-electron chi connectivity index (χ0n) is 60.3. The number of nitrogens with one attached hydrogen (secondary N) is 1. The van der Waals surface area contributed by atoms with Crippen molar-refractivity contribution in [1.29, 1.82) is 0 Å². The van der Waals surface area contributed by atoms with Gasteiger partial charge in [-0.25, -0.2) is 0 Å². The summed E-state index contributed by atoms with van der Waals surface area (Å²) in [5.74, 6) is 4.77. The molecule has 0 fully saturated rings. The molecule has 12 aromatic carbocycles. The van der Waals surface area contributed by atoms with E-state index in [1.165, 1.54) is 100 Å². The highest BCUT2D eigenvalue weighted by atomic mass is 16.5. The Hall–Kier alpha value is -11.3. The normalized spacial score (nSPS) is 13.7. The molecule has 8 nitrogen and oxygen atoms in total. The van der Waals surface area contributed by atoms with Gasteiger partial charge in [-0.2, -0.15) is 0 Å². The summed E-state index contributed by atoms with van der Waals surface area (Å²) < 4.78 is 37.3. The topological polar surface area (TPSA) is 72.5 Å². The fraction of sp³-hybridized carbons (Fsp3) is 0.165. The Morgan fingerprint density at radius 1 is 0.294 bits per heavy atom. The fourth-order valence-electron chi connectivity index (χ4n) is 19.8. The average molecular weight is 1320 g/mol. The number of anilines is 8. The van der Waals surface area contributed by atoms with Crippen molar-refractivity contribution in [2.45, 2.75) is 104 Å². The van der Waals surface area contributed by atoms with Crippen LogP contribution >= 0.6 is 0 Å². The number of ether oxygens (including phenoxy) is 3. The van der Waals surface area contributed by atoms with E-state index in [2.05, 4.69) is 289 Å². The van der Waals surface area contributed by atoms with E-state index in [-0.39, 0.29) is 20.1 Å². The van der Waals surface area contributed by atoms with Crippen LogP contribution in [0, 0.1) is 104 Å². The molecule has 492 valence electrons. The lowest BCUT2D eigenvalue weighted by Gasteiger charge is -2.44. The monoisotopic (exact) mass is 1320 g/mol. The first-order chi connectivity index (χ1) is 49.2. The number of hydrogen-bond acceptors (Lipinski definition) is 8. The van der Waals surface area contributed by atoms with Crippen LogP contribution < -0.4 is 78.9 Å². The standard InChI is InChI=1S/C91H74B3N3O5/c1-44-24-49(6)80(50(7)25-44)59-34-69-83-77(37-59)99-88-62-20-16-18-22-74(62)101-90(88)93(83)64-40-65-70(42-68(64)95-69)96(86-55(12)30-47(4)31-56(86)13)72-35-60(81-51(8)26-45(2)27-52(81)9)38-78-84(72)92(65)67-41-66-71(43-76(67)98-78)97(87-57(14)32-48(5)33-58(87)15)73-36-61(82-53(10)28-46(3)29-54(82)11)39-79-85(73)94(66)91-89(100-79)63-21-17-19-23-75(63)102-91/h16-43,95H,1-15H3. The van der Waals surface area contributed by atoms with Gasteiger partial charge in [0.1, 0.15) is 45.5 Å². The average Bonchev–Trinajstić information content (AvgIpc) is 0.920. The molecule has 0 bridgehead atoms. The minimum absolute atomic E-state index is 0.340. The van der Waals surface area contributed by atoms with Gasteiger partial charge in [0, 0.05) is 51.1 Å². The minimum atomic E-state index is -0.384. The molecule has 0 radical (unpaired) electrons. The molecule has 20 rings (SSSR count). The number of para-hydroxylation sites is 2. The van der Waals surface area contributed by atoms with Gasteiger partial charge >= 0.3 is 13.4 Å². The van der Waals surface area contributed by atoms with Crippen LogP contribution in [0.4, 0.5) is 45.5 Å². The van der Waals surface area contributed by atoms with Gasteiger partial charge in [-0.1, -0.05) is 125 Å². The number of rotatable bonds is 5. The molecule has 0 spiro atoms. The Labute approximate surface area is 596 Å². The molecule has 0 unspecified atom stereocenters. The van der Waals surface area contributed by atoms with Gasteiger partial charge in [-0.3, -0.25) is 0 Å². The lowest BCUT2D eigenvalue weighted by Crippen LogP contribution is -2.64.